The number of hydrogen-bond acceptors (Lipinski definition) is 3. The number of nitrogens with zero attached hydrogens (tertiary/aromatic N) is 1. The lowest BCUT2D eigenvalue weighted by molar-refractivity contribution is 0.100. The molecular formula is C16H22BrN3O. The predicted molar refractivity (Wildman–Crippen MR) is 88.6 cm³/mol. The summed E-state index contributed by atoms with van der Waals surface area (Å²) in [6, 6.07) is 6.36. The number of carbonyl (C=O) groups excluding carboxylic acids is 1. The number of nitrogens with two attached hydrogens (primary N) is 1. The van der Waals surface area contributed by atoms with Gasteiger partial charge in [0.1, 0.15) is 0 Å². The molecule has 5 heteroatoms. The summed E-state index contributed by atoms with van der Waals surface area (Å²) < 4.78 is 0.955. The molecule has 2 heterocycles. The summed E-state index contributed by atoms with van der Waals surface area (Å²) in [6.45, 7) is 3.35. The Morgan fingerprint density at radius 1 is 1.29 bits per heavy atom. The average molecular weight is 352 g/mol. The van der Waals surface area contributed by atoms with Crippen LogP contribution in [0.2, 0.25) is 0 Å². The molecule has 0 radical (unpaired) electrons. The molecule has 0 aliphatic carbocycles. The van der Waals surface area contributed by atoms with Crippen LogP contribution in [0.25, 0.3) is 0 Å². The van der Waals surface area contributed by atoms with Crippen molar-refractivity contribution in [1.82, 2.24) is 5.32 Å². The predicted octanol–water partition coefficient (Wildman–Crippen LogP) is 2.52. The number of primary amides is 1. The van der Waals surface area contributed by atoms with Gasteiger partial charge in [-0.1, -0.05) is 0 Å². The number of carbonyl (C=O) groups is 1. The van der Waals surface area contributed by atoms with Crippen molar-refractivity contribution in [3.8, 4) is 0 Å². The number of piperidine rings is 1. The number of hydrogen-bond donors (Lipinski definition) is 2. The van der Waals surface area contributed by atoms with E-state index >= 15 is 0 Å². The van der Waals surface area contributed by atoms with Crippen molar-refractivity contribution in [2.24, 2.45) is 11.7 Å². The number of halogens is 1. The van der Waals surface area contributed by atoms with E-state index in [1.165, 1.54) is 32.2 Å². The summed E-state index contributed by atoms with van der Waals surface area (Å²) in [5, 5.41) is 3.63. The summed E-state index contributed by atoms with van der Waals surface area (Å²) >= 11 is 3.57. The van der Waals surface area contributed by atoms with Crippen molar-refractivity contribution in [1.29, 1.82) is 0 Å². The zero-order valence-corrected chi connectivity index (χ0v) is 13.7. The third kappa shape index (κ3) is 3.24. The maximum atomic E-state index is 11.2. The van der Waals surface area contributed by atoms with E-state index in [9.17, 15) is 4.79 Å². The lowest BCUT2D eigenvalue weighted by atomic mass is 9.88. The summed E-state index contributed by atoms with van der Waals surface area (Å²) in [4.78, 5) is 13.6. The molecule has 2 aliphatic heterocycles. The Balaban J connectivity index is 1.65. The van der Waals surface area contributed by atoms with Crippen LogP contribution in [-0.4, -0.2) is 31.6 Å². The smallest absolute Gasteiger partial charge is 0.248 e. The first-order chi connectivity index (χ1) is 10.1. The maximum absolute atomic E-state index is 11.2. The van der Waals surface area contributed by atoms with Crippen LogP contribution in [-0.2, 0) is 0 Å². The van der Waals surface area contributed by atoms with Crippen LogP contribution in [0, 0.1) is 5.92 Å². The number of anilines is 1. The van der Waals surface area contributed by atoms with Crippen LogP contribution in [0.1, 0.15) is 36.0 Å². The SMILES string of the molecule is NC(=O)c1ccc(N2CCC(C3CCCN3)CC2)c(Br)c1. The Morgan fingerprint density at radius 3 is 2.62 bits per heavy atom. The highest BCUT2D eigenvalue weighted by atomic mass is 79.9. The summed E-state index contributed by atoms with van der Waals surface area (Å²) in [7, 11) is 0. The van der Waals surface area contributed by atoms with Gasteiger partial charge in [-0.15, -0.1) is 0 Å². The Morgan fingerprint density at radius 2 is 2.05 bits per heavy atom. The van der Waals surface area contributed by atoms with E-state index in [1.807, 2.05) is 18.2 Å². The fourth-order valence-electron chi connectivity index (χ4n) is 3.57. The zero-order chi connectivity index (χ0) is 14.8. The van der Waals surface area contributed by atoms with E-state index in [1.54, 1.807) is 0 Å². The first kappa shape index (κ1) is 14.9. The molecule has 1 unspecified atom stereocenters. The number of rotatable bonds is 3. The van der Waals surface area contributed by atoms with Crippen molar-refractivity contribution < 1.29 is 4.79 Å². The topological polar surface area (TPSA) is 58.4 Å². The Labute approximate surface area is 134 Å². The molecule has 1 atom stereocenters. The summed E-state index contributed by atoms with van der Waals surface area (Å²) in [6.07, 6.45) is 5.13. The van der Waals surface area contributed by atoms with Crippen LogP contribution in [0.4, 0.5) is 5.69 Å². The molecular weight excluding hydrogens is 330 g/mol. The largest absolute Gasteiger partial charge is 0.371 e. The molecule has 1 amide bonds. The quantitative estimate of drug-likeness (QED) is 0.879. The molecule has 0 spiro atoms. The molecule has 3 rings (SSSR count). The van der Waals surface area contributed by atoms with Crippen LogP contribution in [0.3, 0.4) is 0 Å². The number of nitrogens with one attached hydrogen (secondary N) is 1. The second-order valence-electron chi connectivity index (χ2n) is 6.06. The standard InChI is InChI=1S/C16H22BrN3O/c17-13-10-12(16(18)21)3-4-15(13)20-8-5-11(6-9-20)14-2-1-7-19-14/h3-4,10-11,14,19H,1-2,5-9H2,(H2,18,21). The highest BCUT2D eigenvalue weighted by molar-refractivity contribution is 9.10. The molecule has 3 N–H and O–H groups in total. The van der Waals surface area contributed by atoms with Gasteiger partial charge in [-0.3, -0.25) is 4.79 Å². The van der Waals surface area contributed by atoms with E-state index in [2.05, 4.69) is 26.1 Å². The lowest BCUT2D eigenvalue weighted by Crippen LogP contribution is -2.41. The van der Waals surface area contributed by atoms with Gasteiger partial charge in [0.25, 0.3) is 0 Å². The molecule has 1 aromatic rings. The highest BCUT2D eigenvalue weighted by Crippen LogP contribution is 2.32. The molecule has 1 aromatic carbocycles. The van der Waals surface area contributed by atoms with Gasteiger partial charge in [0.15, 0.2) is 0 Å². The fourth-order valence-corrected chi connectivity index (χ4v) is 4.20. The zero-order valence-electron chi connectivity index (χ0n) is 12.1. The van der Waals surface area contributed by atoms with Crippen LogP contribution in [0.5, 0.6) is 0 Å². The van der Waals surface area contributed by atoms with E-state index < -0.39 is 0 Å². The van der Waals surface area contributed by atoms with Crippen LogP contribution >= 0.6 is 15.9 Å². The molecule has 4 nitrogen and oxygen atoms in total. The van der Waals surface area contributed by atoms with E-state index in [-0.39, 0.29) is 5.91 Å². The monoisotopic (exact) mass is 351 g/mol. The number of benzene rings is 1. The first-order valence-electron chi connectivity index (χ1n) is 7.73. The van der Waals surface area contributed by atoms with E-state index in [0.717, 1.165) is 35.2 Å². The second kappa shape index (κ2) is 6.36. The molecule has 0 aromatic heterocycles. The molecule has 0 bridgehead atoms. The normalized spacial score (nSPS) is 23.5. The highest BCUT2D eigenvalue weighted by Gasteiger charge is 2.28. The average Bonchev–Trinajstić information content (AvgIpc) is 3.01. The molecule has 2 fully saturated rings. The van der Waals surface area contributed by atoms with Crippen molar-refractivity contribution in [2.75, 3.05) is 24.5 Å². The van der Waals surface area contributed by atoms with E-state index in [0.29, 0.717) is 5.56 Å². The van der Waals surface area contributed by atoms with Crippen molar-refractivity contribution >= 4 is 27.5 Å². The van der Waals surface area contributed by atoms with Crippen molar-refractivity contribution in [2.45, 2.75) is 31.7 Å². The molecule has 2 saturated heterocycles. The minimum absolute atomic E-state index is 0.381. The van der Waals surface area contributed by atoms with Crippen LogP contribution < -0.4 is 16.0 Å². The summed E-state index contributed by atoms with van der Waals surface area (Å²) in [5.74, 6) is 0.431. The van der Waals surface area contributed by atoms with Gasteiger partial charge in [-0.2, -0.15) is 0 Å². The minimum Gasteiger partial charge on any atom is -0.371 e. The lowest BCUT2D eigenvalue weighted by Gasteiger charge is -2.36. The first-order valence-corrected chi connectivity index (χ1v) is 8.52. The fraction of sp³-hybridized carbons (Fsp3) is 0.562. The van der Waals surface area contributed by atoms with Gasteiger partial charge >= 0.3 is 0 Å². The third-order valence-electron chi connectivity index (χ3n) is 4.78. The van der Waals surface area contributed by atoms with Gasteiger partial charge in [0.2, 0.25) is 5.91 Å². The van der Waals surface area contributed by atoms with E-state index in [4.69, 9.17) is 5.73 Å². The van der Waals surface area contributed by atoms with Crippen molar-refractivity contribution in [3.05, 3.63) is 28.2 Å². The van der Waals surface area contributed by atoms with Crippen molar-refractivity contribution in [3.63, 3.8) is 0 Å². The van der Waals surface area contributed by atoms with Gasteiger partial charge < -0.3 is 16.0 Å². The van der Waals surface area contributed by atoms with Crippen LogP contribution in [0.15, 0.2) is 22.7 Å². The molecule has 21 heavy (non-hydrogen) atoms. The molecule has 114 valence electrons. The second-order valence-corrected chi connectivity index (χ2v) is 6.91. The Hall–Kier alpha value is -1.07. The van der Waals surface area contributed by atoms with Gasteiger partial charge in [0, 0.05) is 29.2 Å². The molecule has 0 saturated carbocycles. The minimum atomic E-state index is -0.381. The number of amides is 1. The van der Waals surface area contributed by atoms with Gasteiger partial charge in [-0.25, -0.2) is 0 Å². The molecule has 2 aliphatic rings. The third-order valence-corrected chi connectivity index (χ3v) is 5.42. The Bertz CT molecular complexity index is 520. The van der Waals surface area contributed by atoms with Gasteiger partial charge in [-0.05, 0) is 72.3 Å². The maximum Gasteiger partial charge on any atom is 0.248 e. The summed E-state index contributed by atoms with van der Waals surface area (Å²) in [5.41, 5.74) is 7.04. The van der Waals surface area contributed by atoms with Gasteiger partial charge in [0.05, 0.1) is 5.69 Å². The Kier molecular flexibility index (Phi) is 4.50.